The second kappa shape index (κ2) is 5.27. The Labute approximate surface area is 106 Å². The van der Waals surface area contributed by atoms with E-state index in [9.17, 15) is 0 Å². The zero-order valence-electron chi connectivity index (χ0n) is 11.9. The van der Waals surface area contributed by atoms with E-state index in [0.29, 0.717) is 12.2 Å². The number of rotatable bonds is 5. The third-order valence-electron chi connectivity index (χ3n) is 4.68. The van der Waals surface area contributed by atoms with Gasteiger partial charge in [-0.15, -0.1) is 0 Å². The van der Waals surface area contributed by atoms with E-state index in [0.717, 1.165) is 25.0 Å². The molecule has 17 heavy (non-hydrogen) atoms. The molecule has 0 aromatic rings. The number of hydrogen-bond acceptors (Lipinski definition) is 2. The van der Waals surface area contributed by atoms with Crippen molar-refractivity contribution in [1.82, 2.24) is 0 Å². The minimum Gasteiger partial charge on any atom is -0.376 e. The SMILES string of the molecule is CC(OCCOC1CC2CCC1C2)C(C)(C)C. The first-order valence-corrected chi connectivity index (χ1v) is 7.20. The largest absolute Gasteiger partial charge is 0.376 e. The molecule has 0 aromatic heterocycles. The molecule has 0 heterocycles. The third kappa shape index (κ3) is 3.45. The summed E-state index contributed by atoms with van der Waals surface area (Å²) in [5, 5.41) is 0. The van der Waals surface area contributed by atoms with Crippen LogP contribution in [-0.4, -0.2) is 25.4 Å². The van der Waals surface area contributed by atoms with E-state index in [4.69, 9.17) is 9.47 Å². The zero-order valence-corrected chi connectivity index (χ0v) is 11.9. The summed E-state index contributed by atoms with van der Waals surface area (Å²) >= 11 is 0. The summed E-state index contributed by atoms with van der Waals surface area (Å²) in [6.07, 6.45) is 6.41. The molecule has 2 fully saturated rings. The number of fused-ring (bicyclic) bond motifs is 2. The summed E-state index contributed by atoms with van der Waals surface area (Å²) in [6.45, 7) is 10.3. The molecule has 2 aliphatic carbocycles. The Balaban J connectivity index is 1.58. The lowest BCUT2D eigenvalue weighted by Gasteiger charge is -2.28. The van der Waals surface area contributed by atoms with Crippen LogP contribution < -0.4 is 0 Å². The average molecular weight is 240 g/mol. The van der Waals surface area contributed by atoms with Crippen molar-refractivity contribution in [2.45, 2.75) is 65.6 Å². The molecule has 0 saturated heterocycles. The highest BCUT2D eigenvalue weighted by Gasteiger charge is 2.39. The van der Waals surface area contributed by atoms with Gasteiger partial charge < -0.3 is 9.47 Å². The minimum atomic E-state index is 0.229. The van der Waals surface area contributed by atoms with Gasteiger partial charge in [0.05, 0.1) is 25.4 Å². The van der Waals surface area contributed by atoms with Crippen LogP contribution in [0, 0.1) is 17.3 Å². The summed E-state index contributed by atoms with van der Waals surface area (Å²) in [5.74, 6) is 1.83. The molecule has 0 aliphatic heterocycles. The van der Waals surface area contributed by atoms with Crippen molar-refractivity contribution >= 4 is 0 Å². The molecule has 2 saturated carbocycles. The van der Waals surface area contributed by atoms with E-state index in [1.807, 2.05) is 0 Å². The van der Waals surface area contributed by atoms with E-state index in [1.165, 1.54) is 25.7 Å². The van der Waals surface area contributed by atoms with Crippen molar-refractivity contribution in [1.29, 1.82) is 0 Å². The van der Waals surface area contributed by atoms with Crippen LogP contribution in [0.4, 0.5) is 0 Å². The van der Waals surface area contributed by atoms with Crippen molar-refractivity contribution in [3.63, 3.8) is 0 Å². The Morgan fingerprint density at radius 1 is 1.12 bits per heavy atom. The van der Waals surface area contributed by atoms with Gasteiger partial charge in [-0.3, -0.25) is 0 Å². The second-order valence-electron chi connectivity index (χ2n) is 6.96. The van der Waals surface area contributed by atoms with Gasteiger partial charge in [-0.25, -0.2) is 0 Å². The van der Waals surface area contributed by atoms with E-state index >= 15 is 0 Å². The lowest BCUT2D eigenvalue weighted by Crippen LogP contribution is -2.28. The summed E-state index contributed by atoms with van der Waals surface area (Å²) in [4.78, 5) is 0. The topological polar surface area (TPSA) is 18.5 Å². The van der Waals surface area contributed by atoms with Crippen LogP contribution in [0.15, 0.2) is 0 Å². The van der Waals surface area contributed by atoms with Crippen LogP contribution in [0.3, 0.4) is 0 Å². The van der Waals surface area contributed by atoms with E-state index < -0.39 is 0 Å². The van der Waals surface area contributed by atoms with Gasteiger partial charge in [-0.05, 0) is 49.9 Å². The molecule has 100 valence electrons. The molecule has 0 spiro atoms. The highest BCUT2D eigenvalue weighted by Crippen LogP contribution is 2.45. The molecule has 2 aliphatic rings. The van der Waals surface area contributed by atoms with Gasteiger partial charge in [0.15, 0.2) is 0 Å². The Kier molecular flexibility index (Phi) is 4.14. The number of ether oxygens (including phenoxy) is 2. The summed E-state index contributed by atoms with van der Waals surface area (Å²) < 4.78 is 11.8. The molecule has 2 bridgehead atoms. The first-order valence-electron chi connectivity index (χ1n) is 7.20. The molecule has 4 unspecified atom stereocenters. The highest BCUT2D eigenvalue weighted by molar-refractivity contribution is 4.90. The van der Waals surface area contributed by atoms with Crippen LogP contribution in [0.2, 0.25) is 0 Å². The smallest absolute Gasteiger partial charge is 0.0704 e. The molecule has 0 radical (unpaired) electrons. The summed E-state index contributed by atoms with van der Waals surface area (Å²) in [5.41, 5.74) is 0.229. The van der Waals surface area contributed by atoms with Crippen LogP contribution in [0.5, 0.6) is 0 Å². The molecule has 0 amide bonds. The molecular formula is C15H28O2. The molecule has 0 N–H and O–H groups in total. The predicted octanol–water partition coefficient (Wildman–Crippen LogP) is 3.64. The van der Waals surface area contributed by atoms with Crippen molar-refractivity contribution in [3.8, 4) is 0 Å². The van der Waals surface area contributed by atoms with Gasteiger partial charge in [0.2, 0.25) is 0 Å². The zero-order chi connectivity index (χ0) is 12.5. The van der Waals surface area contributed by atoms with Gasteiger partial charge in [0, 0.05) is 0 Å². The predicted molar refractivity (Wildman–Crippen MR) is 70.1 cm³/mol. The first kappa shape index (κ1) is 13.4. The third-order valence-corrected chi connectivity index (χ3v) is 4.68. The number of hydrogen-bond donors (Lipinski definition) is 0. The van der Waals surface area contributed by atoms with Gasteiger partial charge >= 0.3 is 0 Å². The Morgan fingerprint density at radius 2 is 1.88 bits per heavy atom. The maximum Gasteiger partial charge on any atom is 0.0704 e. The summed E-state index contributed by atoms with van der Waals surface area (Å²) in [6, 6.07) is 0. The Hall–Kier alpha value is -0.0800. The van der Waals surface area contributed by atoms with Crippen molar-refractivity contribution in [2.24, 2.45) is 17.3 Å². The molecular weight excluding hydrogens is 212 g/mol. The normalized spacial score (nSPS) is 34.2. The van der Waals surface area contributed by atoms with E-state index in [1.54, 1.807) is 0 Å². The monoisotopic (exact) mass is 240 g/mol. The fourth-order valence-corrected chi connectivity index (χ4v) is 3.06. The lowest BCUT2D eigenvalue weighted by molar-refractivity contribution is -0.0588. The van der Waals surface area contributed by atoms with E-state index in [2.05, 4.69) is 27.7 Å². The lowest BCUT2D eigenvalue weighted by atomic mass is 9.90. The Morgan fingerprint density at radius 3 is 2.41 bits per heavy atom. The fraction of sp³-hybridized carbons (Fsp3) is 1.00. The first-order chi connectivity index (χ1) is 7.97. The van der Waals surface area contributed by atoms with Crippen LogP contribution >= 0.6 is 0 Å². The fourth-order valence-electron chi connectivity index (χ4n) is 3.06. The van der Waals surface area contributed by atoms with Gasteiger partial charge in [-0.2, -0.15) is 0 Å². The molecule has 4 atom stereocenters. The summed E-state index contributed by atoms with van der Waals surface area (Å²) in [7, 11) is 0. The standard InChI is InChI=1S/C15H28O2/c1-11(15(2,3)4)16-7-8-17-14-10-12-5-6-13(14)9-12/h11-14H,5-10H2,1-4H3. The van der Waals surface area contributed by atoms with Gasteiger partial charge in [0.1, 0.15) is 0 Å². The maximum absolute atomic E-state index is 5.97. The van der Waals surface area contributed by atoms with Gasteiger partial charge in [0.25, 0.3) is 0 Å². The van der Waals surface area contributed by atoms with Crippen molar-refractivity contribution in [3.05, 3.63) is 0 Å². The Bertz CT molecular complexity index is 244. The molecule has 2 nitrogen and oxygen atoms in total. The van der Waals surface area contributed by atoms with Crippen LogP contribution in [0.25, 0.3) is 0 Å². The quantitative estimate of drug-likeness (QED) is 0.683. The molecule has 2 heteroatoms. The molecule has 2 rings (SSSR count). The molecule has 0 aromatic carbocycles. The van der Waals surface area contributed by atoms with Crippen molar-refractivity contribution < 1.29 is 9.47 Å². The maximum atomic E-state index is 5.97. The van der Waals surface area contributed by atoms with E-state index in [-0.39, 0.29) is 5.41 Å². The van der Waals surface area contributed by atoms with Crippen LogP contribution in [0.1, 0.15) is 53.4 Å². The average Bonchev–Trinajstić information content (AvgIpc) is 2.84. The second-order valence-corrected chi connectivity index (χ2v) is 6.96. The minimum absolute atomic E-state index is 0.229. The van der Waals surface area contributed by atoms with Gasteiger partial charge in [-0.1, -0.05) is 20.8 Å². The van der Waals surface area contributed by atoms with Crippen LogP contribution in [-0.2, 0) is 9.47 Å². The highest BCUT2D eigenvalue weighted by atomic mass is 16.5. The van der Waals surface area contributed by atoms with Crippen molar-refractivity contribution in [2.75, 3.05) is 13.2 Å².